The van der Waals surface area contributed by atoms with E-state index in [4.69, 9.17) is 35.3 Å². The van der Waals surface area contributed by atoms with Gasteiger partial charge in [0.2, 0.25) is 5.79 Å². The molecule has 1 aliphatic heterocycles. The van der Waals surface area contributed by atoms with Crippen molar-refractivity contribution in [1.82, 2.24) is 0 Å². The van der Waals surface area contributed by atoms with Crippen LogP contribution in [0.15, 0.2) is 42.5 Å². The number of halogens is 1. The van der Waals surface area contributed by atoms with Gasteiger partial charge in [0.25, 0.3) is 0 Å². The number of esters is 1. The third-order valence-electron chi connectivity index (χ3n) is 7.59. The topological polar surface area (TPSA) is 63.2 Å². The summed E-state index contributed by atoms with van der Waals surface area (Å²) in [5.74, 6) is -0.540. The highest BCUT2D eigenvalue weighted by molar-refractivity contribution is 6.31. The van der Waals surface area contributed by atoms with Crippen molar-refractivity contribution >= 4 is 17.6 Å². The quantitative estimate of drug-likeness (QED) is 0.251. The molecule has 0 amide bonds. The summed E-state index contributed by atoms with van der Waals surface area (Å²) in [4.78, 5) is 12.1. The number of carbonyl (C=O) groups is 1. The average Bonchev–Trinajstić information content (AvgIpc) is 3.72. The van der Waals surface area contributed by atoms with E-state index in [1.54, 1.807) is 7.11 Å². The molecule has 2 fully saturated rings. The van der Waals surface area contributed by atoms with E-state index in [1.165, 1.54) is 6.92 Å². The molecule has 0 N–H and O–H groups in total. The summed E-state index contributed by atoms with van der Waals surface area (Å²) in [5, 5.41) is 0.654. The van der Waals surface area contributed by atoms with Crippen LogP contribution in [-0.4, -0.2) is 44.6 Å². The molecule has 2 aromatic rings. The van der Waals surface area contributed by atoms with Crippen molar-refractivity contribution in [2.24, 2.45) is 11.8 Å². The number of methoxy groups -OCH3 is 1. The molecular formula is C30H39ClO6. The Bertz CT molecular complexity index is 1050. The minimum atomic E-state index is -1.22. The second kappa shape index (κ2) is 12.2. The standard InChI is InChI=1S/C30H39ClO6/c1-6-28-19(2)20(3)29(36-21(4)32)30(33-5,37-28)24-9-14-27(31)23(18-24)17-22-7-10-25(11-8-22)34-15-16-35-26-12-13-26/h7-11,14,18-20,26,28-29H,6,12-13,15-17H2,1-5H3/t19-,20-,28+,29+,30-/m0/s1. The molecule has 0 spiro atoms. The van der Waals surface area contributed by atoms with Gasteiger partial charge >= 0.3 is 5.97 Å². The molecule has 1 saturated carbocycles. The van der Waals surface area contributed by atoms with Gasteiger partial charge in [0.1, 0.15) is 12.4 Å². The normalized spacial score (nSPS) is 27.6. The predicted molar refractivity (Wildman–Crippen MR) is 143 cm³/mol. The molecule has 0 aromatic heterocycles. The Hall–Kier alpha value is -2.12. The molecule has 5 atom stereocenters. The second-order valence-corrected chi connectivity index (χ2v) is 10.6. The largest absolute Gasteiger partial charge is 0.491 e. The summed E-state index contributed by atoms with van der Waals surface area (Å²) in [7, 11) is 1.61. The summed E-state index contributed by atoms with van der Waals surface area (Å²) in [6.07, 6.45) is 3.58. The zero-order valence-corrected chi connectivity index (χ0v) is 23.3. The van der Waals surface area contributed by atoms with Crippen molar-refractivity contribution < 1.29 is 28.5 Å². The van der Waals surface area contributed by atoms with Gasteiger partial charge in [-0.25, -0.2) is 0 Å². The third kappa shape index (κ3) is 6.48. The maximum Gasteiger partial charge on any atom is 0.303 e. The van der Waals surface area contributed by atoms with Crippen LogP contribution in [0.2, 0.25) is 5.02 Å². The first-order valence-electron chi connectivity index (χ1n) is 13.3. The Balaban J connectivity index is 1.55. The molecule has 37 heavy (non-hydrogen) atoms. The number of hydrogen-bond donors (Lipinski definition) is 0. The summed E-state index contributed by atoms with van der Waals surface area (Å²) in [5.41, 5.74) is 2.82. The Labute approximate surface area is 225 Å². The van der Waals surface area contributed by atoms with Gasteiger partial charge in [0.15, 0.2) is 6.10 Å². The maximum absolute atomic E-state index is 12.1. The summed E-state index contributed by atoms with van der Waals surface area (Å²) < 4.78 is 30.0. The Morgan fingerprint density at radius 3 is 2.43 bits per heavy atom. The van der Waals surface area contributed by atoms with E-state index in [-0.39, 0.29) is 23.9 Å². The van der Waals surface area contributed by atoms with E-state index in [1.807, 2.05) is 42.5 Å². The van der Waals surface area contributed by atoms with Crippen LogP contribution in [-0.2, 0) is 35.9 Å². The van der Waals surface area contributed by atoms with Crippen molar-refractivity contribution in [3.63, 3.8) is 0 Å². The molecule has 1 heterocycles. The molecule has 0 unspecified atom stereocenters. The summed E-state index contributed by atoms with van der Waals surface area (Å²) in [6.45, 7) is 8.90. The van der Waals surface area contributed by atoms with Crippen molar-refractivity contribution in [3.05, 3.63) is 64.2 Å². The van der Waals surface area contributed by atoms with E-state index in [0.717, 1.165) is 41.7 Å². The van der Waals surface area contributed by atoms with Gasteiger partial charge in [-0.3, -0.25) is 4.79 Å². The number of ether oxygens (including phenoxy) is 5. The van der Waals surface area contributed by atoms with Crippen LogP contribution >= 0.6 is 11.6 Å². The van der Waals surface area contributed by atoms with Crippen molar-refractivity contribution in [1.29, 1.82) is 0 Å². The van der Waals surface area contributed by atoms with Gasteiger partial charge in [-0.2, -0.15) is 0 Å². The highest BCUT2D eigenvalue weighted by Gasteiger charge is 2.55. The molecule has 7 heteroatoms. The average molecular weight is 531 g/mol. The molecular weight excluding hydrogens is 492 g/mol. The lowest BCUT2D eigenvalue weighted by Gasteiger charge is -2.50. The highest BCUT2D eigenvalue weighted by atomic mass is 35.5. The fraction of sp³-hybridized carbons (Fsp3) is 0.567. The van der Waals surface area contributed by atoms with Crippen LogP contribution in [0.1, 0.15) is 63.6 Å². The zero-order chi connectivity index (χ0) is 26.6. The third-order valence-corrected chi connectivity index (χ3v) is 7.96. The minimum absolute atomic E-state index is 0.0314. The van der Waals surface area contributed by atoms with Crippen LogP contribution in [0.5, 0.6) is 5.75 Å². The van der Waals surface area contributed by atoms with E-state index in [0.29, 0.717) is 30.8 Å². The lowest BCUT2D eigenvalue weighted by Crippen LogP contribution is -2.58. The van der Waals surface area contributed by atoms with E-state index >= 15 is 0 Å². The molecule has 0 bridgehead atoms. The van der Waals surface area contributed by atoms with Crippen LogP contribution in [0.25, 0.3) is 0 Å². The Morgan fingerprint density at radius 2 is 1.81 bits per heavy atom. The van der Waals surface area contributed by atoms with Gasteiger partial charge in [-0.1, -0.05) is 50.6 Å². The van der Waals surface area contributed by atoms with Crippen molar-refractivity contribution in [2.45, 2.75) is 77.5 Å². The molecule has 2 aromatic carbocycles. The number of benzene rings is 2. The van der Waals surface area contributed by atoms with Gasteiger partial charge < -0.3 is 23.7 Å². The lowest BCUT2D eigenvalue weighted by molar-refractivity contribution is -0.347. The van der Waals surface area contributed by atoms with Gasteiger partial charge in [0.05, 0.1) is 18.8 Å². The molecule has 1 saturated heterocycles. The predicted octanol–water partition coefficient (Wildman–Crippen LogP) is 6.30. The van der Waals surface area contributed by atoms with E-state index < -0.39 is 11.9 Å². The molecule has 202 valence electrons. The summed E-state index contributed by atoms with van der Waals surface area (Å²) >= 11 is 6.64. The van der Waals surface area contributed by atoms with Crippen LogP contribution in [0.4, 0.5) is 0 Å². The van der Waals surface area contributed by atoms with E-state index in [2.05, 4.69) is 20.8 Å². The first-order valence-corrected chi connectivity index (χ1v) is 13.7. The second-order valence-electron chi connectivity index (χ2n) is 10.2. The van der Waals surface area contributed by atoms with Gasteiger partial charge in [-0.15, -0.1) is 0 Å². The molecule has 4 rings (SSSR count). The SMILES string of the molecule is CC[C@H]1O[C@@](OC)(c2ccc(Cl)c(Cc3ccc(OCCOC4CC4)cc3)c2)[C@H](OC(C)=O)[C@@H](C)[C@@H]1C. The van der Waals surface area contributed by atoms with Crippen molar-refractivity contribution in [2.75, 3.05) is 20.3 Å². The lowest BCUT2D eigenvalue weighted by atomic mass is 9.76. The Morgan fingerprint density at radius 1 is 1.08 bits per heavy atom. The monoisotopic (exact) mass is 530 g/mol. The molecule has 2 aliphatic rings. The molecule has 6 nitrogen and oxygen atoms in total. The van der Waals surface area contributed by atoms with Crippen LogP contribution in [0, 0.1) is 11.8 Å². The van der Waals surface area contributed by atoms with Crippen molar-refractivity contribution in [3.8, 4) is 5.75 Å². The Kier molecular flexibility index (Phi) is 9.17. The maximum atomic E-state index is 12.1. The van der Waals surface area contributed by atoms with Crippen LogP contribution < -0.4 is 4.74 Å². The van der Waals surface area contributed by atoms with Crippen LogP contribution in [0.3, 0.4) is 0 Å². The zero-order valence-electron chi connectivity index (χ0n) is 22.5. The molecule has 1 aliphatic carbocycles. The highest BCUT2D eigenvalue weighted by Crippen LogP contribution is 2.47. The first kappa shape index (κ1) is 27.9. The summed E-state index contributed by atoms with van der Waals surface area (Å²) in [6, 6.07) is 13.8. The minimum Gasteiger partial charge on any atom is -0.491 e. The number of carbonyl (C=O) groups excluding carboxylic acids is 1. The van der Waals surface area contributed by atoms with Gasteiger partial charge in [-0.05, 0) is 67.0 Å². The molecule has 0 radical (unpaired) electrons. The van der Waals surface area contributed by atoms with Gasteiger partial charge in [0, 0.05) is 30.5 Å². The number of hydrogen-bond acceptors (Lipinski definition) is 6. The fourth-order valence-electron chi connectivity index (χ4n) is 5.15. The van der Waals surface area contributed by atoms with E-state index in [9.17, 15) is 4.79 Å². The fourth-order valence-corrected chi connectivity index (χ4v) is 5.34. The first-order chi connectivity index (χ1) is 17.8. The smallest absolute Gasteiger partial charge is 0.303 e. The number of rotatable bonds is 11.